The van der Waals surface area contributed by atoms with E-state index in [1.165, 1.54) is 0 Å². The van der Waals surface area contributed by atoms with Crippen molar-refractivity contribution in [3.8, 4) is 0 Å². The van der Waals surface area contributed by atoms with E-state index in [0.717, 1.165) is 11.4 Å². The molecule has 30 heavy (non-hydrogen) atoms. The Labute approximate surface area is 176 Å². The molecule has 0 saturated carbocycles. The molecule has 2 aliphatic heterocycles. The van der Waals surface area contributed by atoms with Gasteiger partial charge in [-0.2, -0.15) is 13.2 Å². The van der Waals surface area contributed by atoms with Crippen LogP contribution in [0.4, 0.5) is 24.8 Å². The standard InChI is InChI=1S/C19H20ClF3N6O/c1-18(17(30)27-10-19(21,22)23)4-2-6-29(18)14-3-5-24-16(28-14)13-9-26-15-12(13)7-11(20)8-25-15/h3,5,7-8,13H,2,4,6,9-10H2,1H3,(H,25,26)(H,27,30). The summed E-state index contributed by atoms with van der Waals surface area (Å²) in [6, 6.07) is 3.48. The Morgan fingerprint density at radius 3 is 3.00 bits per heavy atom. The minimum atomic E-state index is -4.46. The number of alkyl halides is 3. The van der Waals surface area contributed by atoms with Gasteiger partial charge in [-0.25, -0.2) is 15.0 Å². The lowest BCUT2D eigenvalue weighted by atomic mass is 9.97. The zero-order chi connectivity index (χ0) is 21.5. The Bertz CT molecular complexity index is 972. The van der Waals surface area contributed by atoms with Crippen molar-refractivity contribution in [1.82, 2.24) is 20.3 Å². The van der Waals surface area contributed by atoms with Crippen molar-refractivity contribution in [3.63, 3.8) is 0 Å². The van der Waals surface area contributed by atoms with Crippen LogP contribution in [-0.4, -0.2) is 52.2 Å². The second-order valence-corrected chi connectivity index (χ2v) is 8.06. The van der Waals surface area contributed by atoms with Crippen molar-refractivity contribution < 1.29 is 18.0 Å². The fourth-order valence-corrected chi connectivity index (χ4v) is 4.19. The maximum absolute atomic E-state index is 12.6. The van der Waals surface area contributed by atoms with Crippen LogP contribution in [0.5, 0.6) is 0 Å². The van der Waals surface area contributed by atoms with E-state index in [9.17, 15) is 18.0 Å². The van der Waals surface area contributed by atoms with Gasteiger partial charge in [0.1, 0.15) is 29.5 Å². The van der Waals surface area contributed by atoms with E-state index >= 15 is 0 Å². The van der Waals surface area contributed by atoms with Crippen LogP contribution in [-0.2, 0) is 4.79 Å². The van der Waals surface area contributed by atoms with Gasteiger partial charge in [-0.1, -0.05) is 11.6 Å². The molecule has 2 N–H and O–H groups in total. The number of amides is 1. The molecule has 4 rings (SSSR count). The third-order valence-corrected chi connectivity index (χ3v) is 5.77. The first kappa shape index (κ1) is 20.6. The molecule has 4 heterocycles. The molecule has 0 spiro atoms. The maximum Gasteiger partial charge on any atom is 0.405 e. The van der Waals surface area contributed by atoms with Crippen LogP contribution < -0.4 is 15.5 Å². The van der Waals surface area contributed by atoms with Gasteiger partial charge in [0, 0.05) is 31.0 Å². The lowest BCUT2D eigenvalue weighted by Gasteiger charge is -2.35. The molecule has 1 saturated heterocycles. The predicted octanol–water partition coefficient (Wildman–Crippen LogP) is 3.12. The van der Waals surface area contributed by atoms with Gasteiger partial charge < -0.3 is 15.5 Å². The molecule has 0 bridgehead atoms. The summed E-state index contributed by atoms with van der Waals surface area (Å²) in [7, 11) is 0. The molecule has 2 aromatic heterocycles. The molecule has 2 aromatic rings. The summed E-state index contributed by atoms with van der Waals surface area (Å²) < 4.78 is 37.7. The SMILES string of the molecule is CC1(C(=O)NCC(F)(F)F)CCCN1c1ccnc(C2CNc3ncc(Cl)cc32)n1. The molecule has 0 radical (unpaired) electrons. The molecular formula is C19H20ClF3N6O. The summed E-state index contributed by atoms with van der Waals surface area (Å²) in [5.74, 6) is 0.926. The summed E-state index contributed by atoms with van der Waals surface area (Å²) in [6.07, 6.45) is -0.204. The van der Waals surface area contributed by atoms with E-state index in [1.807, 2.05) is 11.4 Å². The van der Waals surface area contributed by atoms with E-state index in [2.05, 4.69) is 20.3 Å². The van der Waals surface area contributed by atoms with Gasteiger partial charge >= 0.3 is 6.18 Å². The second kappa shape index (κ2) is 7.57. The maximum atomic E-state index is 12.6. The van der Waals surface area contributed by atoms with Crippen LogP contribution in [0.3, 0.4) is 0 Å². The van der Waals surface area contributed by atoms with E-state index in [-0.39, 0.29) is 5.92 Å². The highest BCUT2D eigenvalue weighted by molar-refractivity contribution is 6.30. The van der Waals surface area contributed by atoms with Gasteiger partial charge in [0.05, 0.1) is 10.9 Å². The van der Waals surface area contributed by atoms with E-state index in [1.54, 1.807) is 30.3 Å². The molecular weight excluding hydrogens is 421 g/mol. The van der Waals surface area contributed by atoms with Crippen molar-refractivity contribution in [2.45, 2.75) is 37.4 Å². The number of pyridine rings is 1. The second-order valence-electron chi connectivity index (χ2n) is 7.62. The number of fused-ring (bicyclic) bond motifs is 1. The first-order chi connectivity index (χ1) is 14.2. The first-order valence-corrected chi connectivity index (χ1v) is 9.90. The summed E-state index contributed by atoms with van der Waals surface area (Å²) in [6.45, 7) is 1.35. The normalized spacial score (nSPS) is 23.2. The van der Waals surface area contributed by atoms with E-state index < -0.39 is 24.2 Å². The van der Waals surface area contributed by atoms with Crippen LogP contribution in [0.1, 0.15) is 37.1 Å². The topological polar surface area (TPSA) is 83.0 Å². The van der Waals surface area contributed by atoms with Crippen molar-refractivity contribution in [1.29, 1.82) is 0 Å². The third-order valence-electron chi connectivity index (χ3n) is 5.56. The minimum absolute atomic E-state index is 0.168. The number of nitrogens with zero attached hydrogens (tertiary/aromatic N) is 4. The number of hydrogen-bond donors (Lipinski definition) is 2. The number of carbonyl (C=O) groups is 1. The van der Waals surface area contributed by atoms with Gasteiger partial charge in [0.15, 0.2) is 0 Å². The lowest BCUT2D eigenvalue weighted by molar-refractivity contribution is -0.141. The number of carbonyl (C=O) groups excluding carboxylic acids is 1. The number of nitrogens with one attached hydrogen (secondary N) is 2. The highest BCUT2D eigenvalue weighted by atomic mass is 35.5. The number of hydrogen-bond acceptors (Lipinski definition) is 6. The van der Waals surface area contributed by atoms with Crippen LogP contribution in [0.25, 0.3) is 0 Å². The highest BCUT2D eigenvalue weighted by Gasteiger charge is 2.45. The van der Waals surface area contributed by atoms with Crippen LogP contribution in [0.2, 0.25) is 5.02 Å². The predicted molar refractivity (Wildman–Crippen MR) is 106 cm³/mol. The van der Waals surface area contributed by atoms with Gasteiger partial charge in [0.2, 0.25) is 5.91 Å². The average molecular weight is 441 g/mol. The molecule has 160 valence electrons. The summed E-state index contributed by atoms with van der Waals surface area (Å²) in [4.78, 5) is 27.7. The van der Waals surface area contributed by atoms with Crippen LogP contribution >= 0.6 is 11.6 Å². The van der Waals surface area contributed by atoms with Gasteiger partial charge in [-0.15, -0.1) is 0 Å². The zero-order valence-electron chi connectivity index (χ0n) is 16.1. The Balaban J connectivity index is 1.60. The fourth-order valence-electron chi connectivity index (χ4n) is 4.03. The molecule has 1 fully saturated rings. The van der Waals surface area contributed by atoms with Gasteiger partial charge in [0.25, 0.3) is 0 Å². The quantitative estimate of drug-likeness (QED) is 0.760. The highest BCUT2D eigenvalue weighted by Crippen LogP contribution is 2.37. The number of halogens is 4. The van der Waals surface area contributed by atoms with E-state index in [4.69, 9.17) is 11.6 Å². The van der Waals surface area contributed by atoms with Crippen molar-refractivity contribution in [3.05, 3.63) is 40.9 Å². The average Bonchev–Trinajstić information content (AvgIpc) is 3.29. The molecule has 11 heteroatoms. The van der Waals surface area contributed by atoms with Crippen LogP contribution in [0.15, 0.2) is 24.5 Å². The number of rotatable bonds is 4. The summed E-state index contributed by atoms with van der Waals surface area (Å²) in [5, 5.41) is 5.71. The Kier molecular flexibility index (Phi) is 5.21. The molecule has 1 amide bonds. The Morgan fingerprint density at radius 2 is 2.23 bits per heavy atom. The van der Waals surface area contributed by atoms with Gasteiger partial charge in [-0.05, 0) is 31.9 Å². The molecule has 7 nitrogen and oxygen atoms in total. The smallest absolute Gasteiger partial charge is 0.369 e. The molecule has 0 aliphatic carbocycles. The number of anilines is 2. The molecule has 2 atom stereocenters. The van der Waals surface area contributed by atoms with Crippen molar-refractivity contribution >= 4 is 29.1 Å². The molecule has 2 aliphatic rings. The summed E-state index contributed by atoms with van der Waals surface area (Å²) in [5.41, 5.74) is -0.236. The molecule has 2 unspecified atom stereocenters. The third kappa shape index (κ3) is 3.88. The largest absolute Gasteiger partial charge is 0.405 e. The first-order valence-electron chi connectivity index (χ1n) is 9.52. The lowest BCUT2D eigenvalue weighted by Crippen LogP contribution is -2.55. The zero-order valence-corrected chi connectivity index (χ0v) is 16.9. The summed E-state index contributed by atoms with van der Waals surface area (Å²) >= 11 is 6.08. The van der Waals surface area contributed by atoms with E-state index in [0.29, 0.717) is 42.6 Å². The monoisotopic (exact) mass is 440 g/mol. The fraction of sp³-hybridized carbons (Fsp3) is 0.474. The Morgan fingerprint density at radius 1 is 1.43 bits per heavy atom. The van der Waals surface area contributed by atoms with Crippen molar-refractivity contribution in [2.24, 2.45) is 0 Å². The Hall–Kier alpha value is -2.62. The number of aromatic nitrogens is 3. The van der Waals surface area contributed by atoms with Crippen LogP contribution in [0, 0.1) is 0 Å². The molecule has 0 aromatic carbocycles. The van der Waals surface area contributed by atoms with Gasteiger partial charge in [-0.3, -0.25) is 4.79 Å². The van der Waals surface area contributed by atoms with Crippen molar-refractivity contribution in [2.75, 3.05) is 29.9 Å². The minimum Gasteiger partial charge on any atom is -0.369 e.